The van der Waals surface area contributed by atoms with Crippen molar-refractivity contribution in [1.29, 1.82) is 0 Å². The number of para-hydroxylation sites is 1. The molecule has 1 spiro atoms. The SMILES string of the molecule is CCOCCOCCOCCNc1cc([N+](=O)[O-])cc2c1OC1(C=C2)N(C)c2ccccc2C1(C)C. The van der Waals surface area contributed by atoms with Gasteiger partial charge in [0.25, 0.3) is 5.69 Å². The lowest BCUT2D eigenvalue weighted by Gasteiger charge is -2.46. The number of non-ortho nitro benzene ring substituents is 1. The Morgan fingerprint density at radius 2 is 1.75 bits per heavy atom. The van der Waals surface area contributed by atoms with E-state index in [2.05, 4.69) is 36.2 Å². The topological polar surface area (TPSA) is 95.3 Å². The molecule has 0 saturated carbocycles. The molecule has 2 aliphatic heterocycles. The Kier molecular flexibility index (Phi) is 7.82. The molecular weight excluding hydrogens is 462 g/mol. The van der Waals surface area contributed by atoms with Crippen LogP contribution in [0.25, 0.3) is 6.08 Å². The summed E-state index contributed by atoms with van der Waals surface area (Å²) in [4.78, 5) is 13.3. The summed E-state index contributed by atoms with van der Waals surface area (Å²) in [5.41, 5.74) is 2.40. The molecular formula is C27H35N3O6. The lowest BCUT2D eigenvalue weighted by molar-refractivity contribution is -0.384. The minimum Gasteiger partial charge on any atom is -0.461 e. The highest BCUT2D eigenvalue weighted by Crippen LogP contribution is 2.55. The Labute approximate surface area is 212 Å². The first-order valence-corrected chi connectivity index (χ1v) is 12.3. The van der Waals surface area contributed by atoms with Crippen molar-refractivity contribution in [3.63, 3.8) is 0 Å². The maximum atomic E-state index is 11.6. The average Bonchev–Trinajstić information content (AvgIpc) is 3.03. The summed E-state index contributed by atoms with van der Waals surface area (Å²) in [7, 11) is 2.02. The summed E-state index contributed by atoms with van der Waals surface area (Å²) in [5.74, 6) is 0.593. The fraction of sp³-hybridized carbons (Fsp3) is 0.481. The quantitative estimate of drug-likeness (QED) is 0.258. The van der Waals surface area contributed by atoms with Gasteiger partial charge in [0.15, 0.2) is 5.75 Å². The number of hydrogen-bond donors (Lipinski definition) is 1. The number of nitrogens with one attached hydrogen (secondary N) is 1. The molecule has 4 rings (SSSR count). The fourth-order valence-electron chi connectivity index (χ4n) is 4.95. The number of nitro benzene ring substituents is 1. The highest BCUT2D eigenvalue weighted by atomic mass is 16.6. The summed E-state index contributed by atoms with van der Waals surface area (Å²) >= 11 is 0. The van der Waals surface area contributed by atoms with Crippen molar-refractivity contribution in [2.75, 3.05) is 63.5 Å². The molecule has 0 radical (unpaired) electrons. The number of fused-ring (bicyclic) bond motifs is 2. The van der Waals surface area contributed by atoms with Crippen molar-refractivity contribution in [1.82, 2.24) is 0 Å². The molecule has 9 heteroatoms. The van der Waals surface area contributed by atoms with Gasteiger partial charge in [-0.1, -0.05) is 18.2 Å². The first kappa shape index (κ1) is 25.9. The summed E-state index contributed by atoms with van der Waals surface area (Å²) in [6.07, 6.45) is 3.94. The van der Waals surface area contributed by atoms with E-state index in [9.17, 15) is 10.1 Å². The van der Waals surface area contributed by atoms with Gasteiger partial charge in [0.2, 0.25) is 5.72 Å². The third kappa shape index (κ3) is 4.78. The number of benzene rings is 2. The number of nitro groups is 1. The number of ether oxygens (including phenoxy) is 4. The Bertz CT molecular complexity index is 1120. The van der Waals surface area contributed by atoms with Crippen LogP contribution in [0.1, 0.15) is 31.9 Å². The zero-order chi connectivity index (χ0) is 25.8. The van der Waals surface area contributed by atoms with Crippen molar-refractivity contribution >= 4 is 23.1 Å². The molecule has 194 valence electrons. The van der Waals surface area contributed by atoms with Gasteiger partial charge in [0, 0.05) is 43.6 Å². The van der Waals surface area contributed by atoms with Crippen LogP contribution in [0.4, 0.5) is 17.1 Å². The van der Waals surface area contributed by atoms with Gasteiger partial charge in [0.1, 0.15) is 0 Å². The Balaban J connectivity index is 1.47. The monoisotopic (exact) mass is 497 g/mol. The second-order valence-electron chi connectivity index (χ2n) is 9.35. The largest absolute Gasteiger partial charge is 0.461 e. The number of rotatable bonds is 12. The van der Waals surface area contributed by atoms with Crippen LogP contribution in [0.3, 0.4) is 0 Å². The third-order valence-electron chi connectivity index (χ3n) is 6.90. The molecule has 0 fully saturated rings. The summed E-state index contributed by atoms with van der Waals surface area (Å²) in [6, 6.07) is 11.3. The maximum Gasteiger partial charge on any atom is 0.272 e. The lowest BCUT2D eigenvalue weighted by atomic mass is 9.76. The zero-order valence-electron chi connectivity index (χ0n) is 21.4. The van der Waals surface area contributed by atoms with Crippen LogP contribution < -0.4 is 15.0 Å². The van der Waals surface area contributed by atoms with E-state index in [4.69, 9.17) is 18.9 Å². The van der Waals surface area contributed by atoms with Crippen molar-refractivity contribution < 1.29 is 23.9 Å². The number of anilines is 2. The second-order valence-corrected chi connectivity index (χ2v) is 9.35. The Morgan fingerprint density at radius 1 is 1.06 bits per heavy atom. The highest BCUT2D eigenvalue weighted by Gasteiger charge is 2.57. The van der Waals surface area contributed by atoms with Gasteiger partial charge >= 0.3 is 0 Å². The summed E-state index contributed by atoms with van der Waals surface area (Å²) in [6.45, 7) is 9.88. The maximum absolute atomic E-state index is 11.6. The van der Waals surface area contributed by atoms with E-state index in [0.29, 0.717) is 63.2 Å². The minimum atomic E-state index is -0.772. The van der Waals surface area contributed by atoms with Gasteiger partial charge in [-0.05, 0) is 44.6 Å². The van der Waals surface area contributed by atoms with E-state index in [1.807, 2.05) is 38.3 Å². The van der Waals surface area contributed by atoms with E-state index in [0.717, 1.165) is 5.69 Å². The predicted octanol–water partition coefficient (Wildman–Crippen LogP) is 4.61. The molecule has 0 aromatic heterocycles. The van der Waals surface area contributed by atoms with Crippen LogP contribution in [0.15, 0.2) is 42.5 Å². The second kappa shape index (κ2) is 10.9. The van der Waals surface area contributed by atoms with Crippen LogP contribution >= 0.6 is 0 Å². The molecule has 0 aliphatic carbocycles. The van der Waals surface area contributed by atoms with Gasteiger partial charge in [-0.15, -0.1) is 0 Å². The number of likely N-dealkylation sites (N-methyl/N-ethyl adjacent to an activating group) is 1. The van der Waals surface area contributed by atoms with Crippen LogP contribution in [0.2, 0.25) is 0 Å². The Morgan fingerprint density at radius 3 is 2.44 bits per heavy atom. The van der Waals surface area contributed by atoms with E-state index in [1.165, 1.54) is 11.6 Å². The average molecular weight is 498 g/mol. The summed E-state index contributed by atoms with van der Waals surface area (Å²) < 4.78 is 23.1. The van der Waals surface area contributed by atoms with E-state index >= 15 is 0 Å². The van der Waals surface area contributed by atoms with Gasteiger partial charge in [-0.25, -0.2) is 0 Å². The molecule has 9 nitrogen and oxygen atoms in total. The van der Waals surface area contributed by atoms with Crippen LogP contribution in [-0.4, -0.2) is 63.9 Å². The molecule has 0 amide bonds. The molecule has 36 heavy (non-hydrogen) atoms. The van der Waals surface area contributed by atoms with Gasteiger partial charge < -0.3 is 29.2 Å². The summed E-state index contributed by atoms with van der Waals surface area (Å²) in [5, 5.41) is 14.9. The molecule has 1 atom stereocenters. The smallest absolute Gasteiger partial charge is 0.272 e. The highest BCUT2D eigenvalue weighted by molar-refractivity contribution is 5.78. The molecule has 2 aromatic carbocycles. The molecule has 1 unspecified atom stereocenters. The van der Waals surface area contributed by atoms with Crippen LogP contribution in [0, 0.1) is 10.1 Å². The number of nitrogens with zero attached hydrogens (tertiary/aromatic N) is 2. The van der Waals surface area contributed by atoms with E-state index in [-0.39, 0.29) is 16.0 Å². The van der Waals surface area contributed by atoms with E-state index < -0.39 is 5.72 Å². The molecule has 0 bridgehead atoms. The van der Waals surface area contributed by atoms with Crippen molar-refractivity contribution in [2.24, 2.45) is 0 Å². The zero-order valence-corrected chi connectivity index (χ0v) is 21.4. The van der Waals surface area contributed by atoms with Crippen LogP contribution in [0.5, 0.6) is 5.75 Å². The van der Waals surface area contributed by atoms with Crippen LogP contribution in [-0.2, 0) is 19.6 Å². The normalized spacial score (nSPS) is 19.2. The van der Waals surface area contributed by atoms with Gasteiger partial charge in [-0.3, -0.25) is 10.1 Å². The predicted molar refractivity (Wildman–Crippen MR) is 140 cm³/mol. The molecule has 1 N–H and O–H groups in total. The Hall–Kier alpha value is -3.14. The van der Waals surface area contributed by atoms with E-state index in [1.54, 1.807) is 6.07 Å². The first-order chi connectivity index (χ1) is 17.3. The van der Waals surface area contributed by atoms with Crippen molar-refractivity contribution in [3.05, 3.63) is 63.7 Å². The lowest BCUT2D eigenvalue weighted by Crippen LogP contribution is -2.58. The molecule has 2 heterocycles. The van der Waals surface area contributed by atoms with Crippen molar-refractivity contribution in [2.45, 2.75) is 31.9 Å². The third-order valence-corrected chi connectivity index (χ3v) is 6.90. The van der Waals surface area contributed by atoms with Gasteiger partial charge in [-0.2, -0.15) is 0 Å². The minimum absolute atomic E-state index is 0.00592. The fourth-order valence-corrected chi connectivity index (χ4v) is 4.95. The number of hydrogen-bond acceptors (Lipinski definition) is 8. The molecule has 0 saturated heterocycles. The van der Waals surface area contributed by atoms with Gasteiger partial charge in [0.05, 0.1) is 49.1 Å². The van der Waals surface area contributed by atoms with Crippen molar-refractivity contribution in [3.8, 4) is 5.75 Å². The first-order valence-electron chi connectivity index (χ1n) is 12.3. The molecule has 2 aliphatic rings. The molecule has 2 aromatic rings. The standard InChI is InChI=1S/C27H35N3O6/c1-5-33-14-15-35-17-16-34-13-12-28-23-19-21(30(31)32)18-20-10-11-27(36-25(20)23)26(2,3)22-8-6-7-9-24(22)29(27)4/h6-11,18-19,28H,5,12-17H2,1-4H3.